The molecule has 0 bridgehead atoms. The normalized spacial score (nSPS) is 16.0. The number of aryl methyl sites for hydroxylation is 1. The molecule has 4 aromatic rings. The van der Waals surface area contributed by atoms with Crippen LogP contribution in [-0.2, 0) is 11.2 Å². The lowest BCUT2D eigenvalue weighted by Crippen LogP contribution is -2.39. The number of likely N-dealkylation sites (tertiary alicyclic amines) is 1. The number of alkyl halides is 2. The molecule has 1 aromatic carbocycles. The van der Waals surface area contributed by atoms with E-state index in [1.807, 2.05) is 52.9 Å². The van der Waals surface area contributed by atoms with Gasteiger partial charge in [-0.1, -0.05) is 6.07 Å². The minimum absolute atomic E-state index is 0.0200. The molecule has 0 saturated carbocycles. The Labute approximate surface area is 202 Å². The van der Waals surface area contributed by atoms with E-state index in [-0.39, 0.29) is 24.7 Å². The molecule has 3 aromatic heterocycles. The first-order valence-corrected chi connectivity index (χ1v) is 12.1. The summed E-state index contributed by atoms with van der Waals surface area (Å²) in [4.78, 5) is 21.9. The van der Waals surface area contributed by atoms with E-state index in [0.717, 1.165) is 46.2 Å². The monoisotopic (exact) mass is 480 g/mol. The molecule has 1 aliphatic heterocycles. The van der Waals surface area contributed by atoms with Crippen LogP contribution in [0.2, 0.25) is 0 Å². The number of aromatic nitrogens is 3. The summed E-state index contributed by atoms with van der Waals surface area (Å²) in [7, 11) is 0. The number of aliphatic hydroxyl groups excluding tert-OH is 1. The minimum Gasteiger partial charge on any atom is -0.393 e. The summed E-state index contributed by atoms with van der Waals surface area (Å²) >= 11 is 0. The van der Waals surface area contributed by atoms with E-state index in [2.05, 4.69) is 16.0 Å². The van der Waals surface area contributed by atoms with Crippen molar-refractivity contribution in [3.05, 3.63) is 59.5 Å². The number of amides is 1. The fraction of sp³-hybridized carbons (Fsp3) is 0.407. The summed E-state index contributed by atoms with van der Waals surface area (Å²) in [6, 6.07) is 9.91. The van der Waals surface area contributed by atoms with Gasteiger partial charge in [-0.2, -0.15) is 0 Å². The molecule has 35 heavy (non-hydrogen) atoms. The van der Waals surface area contributed by atoms with Gasteiger partial charge in [0.1, 0.15) is 5.65 Å². The predicted octanol–water partition coefficient (Wildman–Crippen LogP) is 5.08. The molecule has 2 N–H and O–H groups in total. The number of fused-ring (bicyclic) bond motifs is 2. The molecular weight excluding hydrogens is 450 g/mol. The number of hydrogen-bond acceptors (Lipinski definition) is 3. The van der Waals surface area contributed by atoms with Gasteiger partial charge in [0.25, 0.3) is 0 Å². The standard InChI is InChI=1S/C27H30F2N4O2/c1-16-14-33-15-20(4-6-25(33)30-16)27-22(13-24(28)29)21-12-19(3-5-23(21)31-27)18-7-9-32(10-8-18)26(35)11-17(2)34/h3-6,12,14-15,17-18,24,31,34H,7-11,13H2,1-2H3. The van der Waals surface area contributed by atoms with Gasteiger partial charge in [0.2, 0.25) is 12.3 Å². The first kappa shape index (κ1) is 23.5. The third-order valence-electron chi connectivity index (χ3n) is 6.94. The molecule has 5 rings (SSSR count). The van der Waals surface area contributed by atoms with Crippen LogP contribution in [0.4, 0.5) is 8.78 Å². The second-order valence-corrected chi connectivity index (χ2v) is 9.65. The highest BCUT2D eigenvalue weighted by molar-refractivity contribution is 5.91. The molecule has 8 heteroatoms. The third-order valence-corrected chi connectivity index (χ3v) is 6.94. The number of nitrogens with zero attached hydrogens (tertiary/aromatic N) is 3. The van der Waals surface area contributed by atoms with Gasteiger partial charge in [-0.25, -0.2) is 13.8 Å². The van der Waals surface area contributed by atoms with Crippen LogP contribution < -0.4 is 0 Å². The maximum atomic E-state index is 13.7. The SMILES string of the molecule is Cc1cn2cc(-c3[nH]c4ccc(C5CCN(C(=O)CC(C)O)CC5)cc4c3CC(F)F)ccc2n1. The maximum absolute atomic E-state index is 13.7. The van der Waals surface area contributed by atoms with Gasteiger partial charge >= 0.3 is 0 Å². The highest BCUT2D eigenvalue weighted by atomic mass is 19.3. The Balaban J connectivity index is 1.46. The minimum atomic E-state index is -2.46. The van der Waals surface area contributed by atoms with E-state index in [4.69, 9.17) is 0 Å². The van der Waals surface area contributed by atoms with Gasteiger partial charge in [-0.15, -0.1) is 0 Å². The number of nitrogens with one attached hydrogen (secondary N) is 1. The largest absolute Gasteiger partial charge is 0.393 e. The van der Waals surface area contributed by atoms with Crippen molar-refractivity contribution in [3.8, 4) is 11.3 Å². The number of benzene rings is 1. The number of pyridine rings is 1. The Morgan fingerprint density at radius 1 is 1.20 bits per heavy atom. The number of H-pyrrole nitrogens is 1. The molecule has 1 atom stereocenters. The van der Waals surface area contributed by atoms with Crippen LogP contribution in [-0.4, -0.2) is 55.9 Å². The van der Waals surface area contributed by atoms with Crippen LogP contribution in [0.25, 0.3) is 27.8 Å². The number of piperidine rings is 1. The zero-order valence-corrected chi connectivity index (χ0v) is 20.0. The molecule has 6 nitrogen and oxygen atoms in total. The van der Waals surface area contributed by atoms with Crippen molar-refractivity contribution in [1.82, 2.24) is 19.3 Å². The molecule has 1 unspecified atom stereocenters. The van der Waals surface area contributed by atoms with Crippen LogP contribution in [0.5, 0.6) is 0 Å². The van der Waals surface area contributed by atoms with Gasteiger partial charge in [0.15, 0.2) is 0 Å². The molecule has 1 aliphatic rings. The van der Waals surface area contributed by atoms with Crippen molar-refractivity contribution in [3.63, 3.8) is 0 Å². The number of hydrogen-bond donors (Lipinski definition) is 2. The summed E-state index contributed by atoms with van der Waals surface area (Å²) in [5, 5.41) is 10.3. The molecule has 184 valence electrons. The fourth-order valence-electron chi connectivity index (χ4n) is 5.24. The van der Waals surface area contributed by atoms with E-state index >= 15 is 0 Å². The summed E-state index contributed by atoms with van der Waals surface area (Å²) in [6.07, 6.45) is 2.19. The Kier molecular flexibility index (Phi) is 6.32. The lowest BCUT2D eigenvalue weighted by atomic mass is 9.88. The molecular formula is C27H30F2N4O2. The van der Waals surface area contributed by atoms with E-state index in [1.165, 1.54) is 0 Å². The average Bonchev–Trinajstić information content (AvgIpc) is 3.36. The van der Waals surface area contributed by atoms with Gasteiger partial charge < -0.3 is 19.4 Å². The van der Waals surface area contributed by atoms with Crippen molar-refractivity contribution < 1.29 is 18.7 Å². The topological polar surface area (TPSA) is 73.6 Å². The number of carbonyl (C=O) groups is 1. The highest BCUT2D eigenvalue weighted by Gasteiger charge is 2.25. The van der Waals surface area contributed by atoms with Gasteiger partial charge in [0, 0.05) is 48.4 Å². The zero-order valence-electron chi connectivity index (χ0n) is 20.0. The summed E-state index contributed by atoms with van der Waals surface area (Å²) < 4.78 is 29.2. The number of carbonyl (C=O) groups excluding carboxylic acids is 1. The lowest BCUT2D eigenvalue weighted by Gasteiger charge is -2.32. The van der Waals surface area contributed by atoms with Crippen LogP contribution in [0.1, 0.15) is 48.9 Å². The van der Waals surface area contributed by atoms with Crippen molar-refractivity contribution in [2.45, 2.75) is 58.0 Å². The van der Waals surface area contributed by atoms with E-state index in [0.29, 0.717) is 24.3 Å². The second-order valence-electron chi connectivity index (χ2n) is 9.65. The molecule has 1 fully saturated rings. The Morgan fingerprint density at radius 3 is 2.69 bits per heavy atom. The average molecular weight is 481 g/mol. The summed E-state index contributed by atoms with van der Waals surface area (Å²) in [5.74, 6) is 0.242. The van der Waals surface area contributed by atoms with E-state index in [1.54, 1.807) is 6.92 Å². The number of aliphatic hydroxyl groups is 1. The quantitative estimate of drug-likeness (QED) is 0.404. The Bertz CT molecular complexity index is 1370. The van der Waals surface area contributed by atoms with E-state index < -0.39 is 12.5 Å². The van der Waals surface area contributed by atoms with E-state index in [9.17, 15) is 18.7 Å². The number of imidazole rings is 1. The second kappa shape index (κ2) is 9.41. The highest BCUT2D eigenvalue weighted by Crippen LogP contribution is 2.36. The molecule has 4 heterocycles. The van der Waals surface area contributed by atoms with Crippen molar-refractivity contribution in [1.29, 1.82) is 0 Å². The molecule has 0 aliphatic carbocycles. The number of rotatable bonds is 6. The molecule has 0 spiro atoms. The fourth-order valence-corrected chi connectivity index (χ4v) is 5.24. The number of halogens is 2. The predicted molar refractivity (Wildman–Crippen MR) is 132 cm³/mol. The summed E-state index contributed by atoms with van der Waals surface area (Å²) in [5.41, 5.74) is 5.84. The van der Waals surface area contributed by atoms with Gasteiger partial charge in [-0.3, -0.25) is 4.79 Å². The lowest BCUT2D eigenvalue weighted by molar-refractivity contribution is -0.134. The van der Waals surface area contributed by atoms with Gasteiger partial charge in [-0.05, 0) is 68.0 Å². The molecule has 1 saturated heterocycles. The Hall–Kier alpha value is -3.26. The molecule has 0 radical (unpaired) electrons. The number of aromatic amines is 1. The Morgan fingerprint density at radius 2 is 1.97 bits per heavy atom. The first-order chi connectivity index (χ1) is 16.8. The third kappa shape index (κ3) is 4.80. The zero-order chi connectivity index (χ0) is 24.7. The maximum Gasteiger partial charge on any atom is 0.242 e. The van der Waals surface area contributed by atoms with Crippen LogP contribution >= 0.6 is 0 Å². The summed E-state index contributed by atoms with van der Waals surface area (Å²) in [6.45, 7) is 4.82. The van der Waals surface area contributed by atoms with Crippen molar-refractivity contribution in [2.24, 2.45) is 0 Å². The first-order valence-electron chi connectivity index (χ1n) is 12.1. The van der Waals surface area contributed by atoms with Crippen LogP contribution in [0.3, 0.4) is 0 Å². The molecule has 1 amide bonds. The smallest absolute Gasteiger partial charge is 0.242 e. The van der Waals surface area contributed by atoms with Crippen molar-refractivity contribution >= 4 is 22.5 Å². The van der Waals surface area contributed by atoms with Crippen LogP contribution in [0, 0.1) is 6.92 Å². The van der Waals surface area contributed by atoms with Crippen molar-refractivity contribution in [2.75, 3.05) is 13.1 Å². The van der Waals surface area contributed by atoms with Gasteiger partial charge in [0.05, 0.1) is 23.9 Å². The van der Waals surface area contributed by atoms with Crippen LogP contribution in [0.15, 0.2) is 42.7 Å².